The van der Waals surface area contributed by atoms with Gasteiger partial charge in [0.1, 0.15) is 21.1 Å². The largest absolute Gasteiger partial charge is 0.396 e. The van der Waals surface area contributed by atoms with Crippen LogP contribution in [0.25, 0.3) is 0 Å². The lowest BCUT2D eigenvalue weighted by atomic mass is 10.3. The minimum absolute atomic E-state index is 0.0935. The summed E-state index contributed by atoms with van der Waals surface area (Å²) in [5, 5.41) is 0. The zero-order valence-electron chi connectivity index (χ0n) is 9.94. The smallest absolute Gasteiger partial charge is 0.266 e. The van der Waals surface area contributed by atoms with Crippen molar-refractivity contribution in [3.05, 3.63) is 39.2 Å². The van der Waals surface area contributed by atoms with Gasteiger partial charge in [0, 0.05) is 6.07 Å². The van der Waals surface area contributed by atoms with Crippen molar-refractivity contribution in [1.82, 2.24) is 9.97 Å². The number of benzene rings is 1. The molecular weight excluding hydrogens is 438 g/mol. The summed E-state index contributed by atoms with van der Waals surface area (Å²) in [6.45, 7) is 0. The van der Waals surface area contributed by atoms with Crippen molar-refractivity contribution in [2.75, 3.05) is 10.5 Å². The molecule has 0 fully saturated rings. The van der Waals surface area contributed by atoms with Crippen LogP contribution < -0.4 is 10.5 Å². The number of nitrogens with zero attached hydrogens (tertiary/aromatic N) is 2. The normalized spacial score (nSPS) is 11.4. The minimum Gasteiger partial charge on any atom is -0.396 e. The summed E-state index contributed by atoms with van der Waals surface area (Å²) in [7, 11) is -4.34. The number of nitrogen functional groups attached to an aromatic ring is 1. The Morgan fingerprint density at radius 2 is 1.86 bits per heavy atom. The second kappa shape index (κ2) is 5.81. The van der Waals surface area contributed by atoms with Crippen LogP contribution in [0.4, 0.5) is 20.3 Å². The summed E-state index contributed by atoms with van der Waals surface area (Å²) in [6, 6.07) is 1.08. The quantitative estimate of drug-likeness (QED) is 0.710. The average Bonchev–Trinajstić information content (AvgIpc) is 2.37. The third-order valence-corrected chi connectivity index (χ3v) is 4.56. The molecule has 21 heavy (non-hydrogen) atoms. The highest BCUT2D eigenvalue weighted by Gasteiger charge is 2.23. The average molecular weight is 444 g/mol. The lowest BCUT2D eigenvalue weighted by molar-refractivity contribution is 0.553. The van der Waals surface area contributed by atoms with Crippen molar-refractivity contribution < 1.29 is 17.2 Å². The Bertz CT molecular complexity index is 817. The Morgan fingerprint density at radius 1 is 1.19 bits per heavy atom. The monoisotopic (exact) mass is 442 g/mol. The van der Waals surface area contributed by atoms with Gasteiger partial charge in [-0.05, 0) is 37.9 Å². The number of sulfonamides is 1. The molecular formula is C10H6Br2F2N4O2S. The molecule has 1 heterocycles. The molecule has 0 aliphatic rings. The molecule has 0 unspecified atom stereocenters. The van der Waals surface area contributed by atoms with E-state index in [1.807, 2.05) is 4.72 Å². The van der Waals surface area contributed by atoms with Crippen LogP contribution in [-0.4, -0.2) is 18.4 Å². The fourth-order valence-corrected chi connectivity index (χ4v) is 3.50. The van der Waals surface area contributed by atoms with Crippen LogP contribution in [0.2, 0.25) is 0 Å². The summed E-state index contributed by atoms with van der Waals surface area (Å²) in [5.74, 6) is -2.47. The molecule has 0 saturated carbocycles. The van der Waals surface area contributed by atoms with Crippen molar-refractivity contribution in [2.24, 2.45) is 0 Å². The first-order chi connectivity index (χ1) is 9.70. The number of halogens is 4. The van der Waals surface area contributed by atoms with E-state index in [-0.39, 0.29) is 10.4 Å². The Kier molecular flexibility index (Phi) is 4.44. The van der Waals surface area contributed by atoms with Crippen LogP contribution in [0.15, 0.2) is 32.4 Å². The van der Waals surface area contributed by atoms with Gasteiger partial charge in [0.2, 0.25) is 0 Å². The van der Waals surface area contributed by atoms with Gasteiger partial charge in [-0.3, -0.25) is 4.72 Å². The second-order valence-electron chi connectivity index (χ2n) is 3.74. The van der Waals surface area contributed by atoms with E-state index in [2.05, 4.69) is 41.8 Å². The maximum absolute atomic E-state index is 13.6. The van der Waals surface area contributed by atoms with E-state index in [0.29, 0.717) is 16.7 Å². The van der Waals surface area contributed by atoms with Crippen LogP contribution in [0.5, 0.6) is 0 Å². The van der Waals surface area contributed by atoms with Crippen LogP contribution in [-0.2, 0) is 10.0 Å². The van der Waals surface area contributed by atoms with Crippen molar-refractivity contribution in [1.29, 1.82) is 0 Å². The van der Waals surface area contributed by atoms with Crippen molar-refractivity contribution in [3.8, 4) is 0 Å². The van der Waals surface area contributed by atoms with E-state index in [1.165, 1.54) is 6.20 Å². The number of nitrogens with one attached hydrogen (secondary N) is 1. The number of hydrogen-bond donors (Lipinski definition) is 2. The number of nitrogens with two attached hydrogens (primary N) is 1. The van der Waals surface area contributed by atoms with E-state index in [1.54, 1.807) is 0 Å². The molecule has 0 amide bonds. The molecule has 1 aromatic carbocycles. The molecule has 0 atom stereocenters. The summed E-state index contributed by atoms with van der Waals surface area (Å²) >= 11 is 6.06. The van der Waals surface area contributed by atoms with Crippen molar-refractivity contribution in [2.45, 2.75) is 4.90 Å². The van der Waals surface area contributed by atoms with Crippen molar-refractivity contribution >= 4 is 53.4 Å². The zero-order chi connectivity index (χ0) is 15.8. The number of rotatable bonds is 3. The first-order valence-corrected chi connectivity index (χ1v) is 8.23. The standard InChI is InChI=1S/C10H6Br2F2N4O2S/c11-8-3-16-10(9(12)17-8)18-21(19,20)7-2-6(15)4(13)1-5(7)14/h1-3H,15H2,(H,16,18). The molecule has 0 saturated heterocycles. The third-order valence-electron chi connectivity index (χ3n) is 2.27. The lowest BCUT2D eigenvalue weighted by Gasteiger charge is -2.10. The summed E-state index contributed by atoms with van der Waals surface area (Å²) in [4.78, 5) is 6.86. The molecule has 0 spiro atoms. The number of anilines is 2. The first-order valence-electron chi connectivity index (χ1n) is 5.16. The van der Waals surface area contributed by atoms with Gasteiger partial charge in [-0.25, -0.2) is 27.2 Å². The summed E-state index contributed by atoms with van der Waals surface area (Å²) in [5.41, 5.74) is 4.76. The van der Waals surface area contributed by atoms with Gasteiger partial charge in [0.25, 0.3) is 10.0 Å². The second-order valence-corrected chi connectivity index (χ2v) is 6.96. The SMILES string of the molecule is Nc1cc(S(=O)(=O)Nc2ncc(Br)nc2Br)c(F)cc1F. The van der Waals surface area contributed by atoms with Gasteiger partial charge in [0.05, 0.1) is 11.9 Å². The van der Waals surface area contributed by atoms with Gasteiger partial charge in [0.15, 0.2) is 10.4 Å². The first kappa shape index (κ1) is 16.0. The summed E-state index contributed by atoms with van der Waals surface area (Å²) in [6.07, 6.45) is 1.25. The molecule has 2 rings (SSSR count). The highest BCUT2D eigenvalue weighted by Crippen LogP contribution is 2.25. The molecule has 2 aromatic rings. The highest BCUT2D eigenvalue weighted by molar-refractivity contribution is 9.11. The topological polar surface area (TPSA) is 98.0 Å². The molecule has 11 heteroatoms. The van der Waals surface area contributed by atoms with Crippen LogP contribution in [0, 0.1) is 11.6 Å². The van der Waals surface area contributed by atoms with Gasteiger partial charge in [-0.15, -0.1) is 0 Å². The molecule has 0 aliphatic carbocycles. The minimum atomic E-state index is -4.34. The maximum atomic E-state index is 13.6. The Hall–Kier alpha value is -1.33. The molecule has 0 radical (unpaired) electrons. The van der Waals surface area contributed by atoms with Gasteiger partial charge >= 0.3 is 0 Å². The fraction of sp³-hybridized carbons (Fsp3) is 0. The molecule has 3 N–H and O–H groups in total. The van der Waals surface area contributed by atoms with Crippen LogP contribution in [0.3, 0.4) is 0 Å². The van der Waals surface area contributed by atoms with Crippen LogP contribution >= 0.6 is 31.9 Å². The van der Waals surface area contributed by atoms with E-state index in [0.717, 1.165) is 0 Å². The Morgan fingerprint density at radius 3 is 2.48 bits per heavy atom. The molecule has 0 bridgehead atoms. The molecule has 112 valence electrons. The van der Waals surface area contributed by atoms with E-state index >= 15 is 0 Å². The van der Waals surface area contributed by atoms with Gasteiger partial charge in [-0.1, -0.05) is 0 Å². The highest BCUT2D eigenvalue weighted by atomic mass is 79.9. The number of aromatic nitrogens is 2. The lowest BCUT2D eigenvalue weighted by Crippen LogP contribution is -2.17. The third kappa shape index (κ3) is 3.47. The van der Waals surface area contributed by atoms with E-state index < -0.39 is 32.2 Å². The number of hydrogen-bond acceptors (Lipinski definition) is 5. The Labute approximate surface area is 135 Å². The Balaban J connectivity index is 2.46. The zero-order valence-corrected chi connectivity index (χ0v) is 13.9. The maximum Gasteiger partial charge on any atom is 0.266 e. The molecule has 0 aliphatic heterocycles. The van der Waals surface area contributed by atoms with E-state index in [4.69, 9.17) is 5.73 Å². The summed E-state index contributed by atoms with van der Waals surface area (Å²) < 4.78 is 53.4. The van der Waals surface area contributed by atoms with Gasteiger partial charge < -0.3 is 5.73 Å². The van der Waals surface area contributed by atoms with Crippen molar-refractivity contribution in [3.63, 3.8) is 0 Å². The van der Waals surface area contributed by atoms with Crippen LogP contribution in [0.1, 0.15) is 0 Å². The molecule has 6 nitrogen and oxygen atoms in total. The predicted molar refractivity (Wildman–Crippen MR) is 79.0 cm³/mol. The van der Waals surface area contributed by atoms with Gasteiger partial charge in [-0.2, -0.15) is 0 Å². The predicted octanol–water partition coefficient (Wildman–Crippen LogP) is 2.66. The molecule has 1 aromatic heterocycles. The fourth-order valence-electron chi connectivity index (χ4n) is 1.35. The van der Waals surface area contributed by atoms with E-state index in [9.17, 15) is 17.2 Å².